The smallest absolute Gasteiger partial charge is 0.0628 e. The van der Waals surface area contributed by atoms with Gasteiger partial charge in [0.25, 0.3) is 0 Å². The van der Waals surface area contributed by atoms with E-state index >= 15 is 0 Å². The van der Waals surface area contributed by atoms with Crippen molar-refractivity contribution in [3.63, 3.8) is 0 Å². The minimum Gasteiger partial charge on any atom is -0.117 e. The largest absolute Gasteiger partial charge is 0.117 e. The van der Waals surface area contributed by atoms with Crippen LogP contribution in [0.3, 0.4) is 0 Å². The van der Waals surface area contributed by atoms with Crippen LogP contribution in [0.4, 0.5) is 0 Å². The van der Waals surface area contributed by atoms with Gasteiger partial charge in [-0.2, -0.15) is 0 Å². The molecule has 0 heterocycles. The fourth-order valence-electron chi connectivity index (χ4n) is 2.26. The highest BCUT2D eigenvalue weighted by Crippen LogP contribution is 2.29. The summed E-state index contributed by atoms with van der Waals surface area (Å²) in [6.07, 6.45) is 0.887. The minimum atomic E-state index is 0.0472. The molecule has 2 rings (SSSR count). The summed E-state index contributed by atoms with van der Waals surface area (Å²) in [7, 11) is 0. The second kappa shape index (κ2) is 5.58. The minimum absolute atomic E-state index is 0.0472. The van der Waals surface area contributed by atoms with Crippen molar-refractivity contribution in [2.24, 2.45) is 0 Å². The van der Waals surface area contributed by atoms with Crippen molar-refractivity contribution in [1.29, 1.82) is 0 Å². The number of halogens is 1. The van der Waals surface area contributed by atoms with E-state index in [9.17, 15) is 0 Å². The number of rotatable bonds is 3. The van der Waals surface area contributed by atoms with Crippen molar-refractivity contribution < 1.29 is 0 Å². The lowest BCUT2D eigenvalue weighted by atomic mass is 9.95. The Morgan fingerprint density at radius 1 is 0.889 bits per heavy atom. The molecular weight excluding hydrogens is 240 g/mol. The first kappa shape index (κ1) is 13.2. The van der Waals surface area contributed by atoms with Crippen LogP contribution < -0.4 is 0 Å². The maximum atomic E-state index is 6.59. The molecule has 0 aliphatic heterocycles. The van der Waals surface area contributed by atoms with Crippen LogP contribution in [0.15, 0.2) is 42.5 Å². The van der Waals surface area contributed by atoms with E-state index in [-0.39, 0.29) is 5.38 Å². The summed E-state index contributed by atoms with van der Waals surface area (Å²) in [4.78, 5) is 0. The lowest BCUT2D eigenvalue weighted by Gasteiger charge is -2.15. The van der Waals surface area contributed by atoms with Crippen LogP contribution in [-0.4, -0.2) is 0 Å². The molecule has 0 bridgehead atoms. The van der Waals surface area contributed by atoms with Crippen molar-refractivity contribution in [3.05, 3.63) is 70.3 Å². The molecule has 0 nitrogen and oxygen atoms in total. The van der Waals surface area contributed by atoms with Gasteiger partial charge in [-0.15, -0.1) is 11.6 Å². The first-order chi connectivity index (χ1) is 8.59. The third-order valence-corrected chi connectivity index (χ3v) is 4.03. The predicted octanol–water partition coefficient (Wildman–Crippen LogP) is 5.13. The topological polar surface area (TPSA) is 0 Å². The normalized spacial score (nSPS) is 12.4. The van der Waals surface area contributed by atoms with Crippen LogP contribution in [0, 0.1) is 20.8 Å². The zero-order valence-corrected chi connectivity index (χ0v) is 12.0. The summed E-state index contributed by atoms with van der Waals surface area (Å²) in [5, 5.41) is 0.0472. The average Bonchev–Trinajstić information content (AvgIpc) is 2.35. The van der Waals surface area contributed by atoms with Crippen LogP contribution in [0.1, 0.15) is 33.2 Å². The van der Waals surface area contributed by atoms with Crippen LogP contribution in [0.5, 0.6) is 0 Å². The molecule has 0 N–H and O–H groups in total. The zero-order valence-electron chi connectivity index (χ0n) is 11.2. The fourth-order valence-corrected chi connectivity index (χ4v) is 2.66. The molecule has 0 aliphatic carbocycles. The summed E-state index contributed by atoms with van der Waals surface area (Å²) in [5.41, 5.74) is 6.51. The van der Waals surface area contributed by atoms with E-state index in [2.05, 4.69) is 63.2 Å². The number of alkyl halides is 1. The van der Waals surface area contributed by atoms with E-state index in [0.717, 1.165) is 6.42 Å². The molecule has 2 aromatic rings. The molecule has 1 atom stereocenters. The SMILES string of the molecule is Cc1ccccc1CC(Cl)c1cccc(C)c1C. The Labute approximate surface area is 115 Å². The molecule has 0 saturated carbocycles. The Kier molecular flexibility index (Phi) is 4.08. The maximum Gasteiger partial charge on any atom is 0.0628 e. The van der Waals surface area contributed by atoms with E-state index in [0.29, 0.717) is 0 Å². The Balaban J connectivity index is 2.25. The van der Waals surface area contributed by atoms with E-state index in [1.807, 2.05) is 0 Å². The fraction of sp³-hybridized carbons (Fsp3) is 0.294. The van der Waals surface area contributed by atoms with Gasteiger partial charge in [-0.1, -0.05) is 42.5 Å². The lowest BCUT2D eigenvalue weighted by molar-refractivity contribution is 0.899. The van der Waals surface area contributed by atoms with Gasteiger partial charge in [-0.05, 0) is 55.0 Å². The van der Waals surface area contributed by atoms with E-state index in [4.69, 9.17) is 11.6 Å². The summed E-state index contributed by atoms with van der Waals surface area (Å²) in [6, 6.07) is 14.8. The lowest BCUT2D eigenvalue weighted by Crippen LogP contribution is -2.01. The Morgan fingerprint density at radius 2 is 1.56 bits per heavy atom. The number of aryl methyl sites for hydroxylation is 2. The highest BCUT2D eigenvalue weighted by Gasteiger charge is 2.13. The molecule has 94 valence electrons. The molecule has 0 aromatic heterocycles. The van der Waals surface area contributed by atoms with Crippen molar-refractivity contribution in [1.82, 2.24) is 0 Å². The quantitative estimate of drug-likeness (QED) is 0.669. The third kappa shape index (κ3) is 2.76. The van der Waals surface area contributed by atoms with Gasteiger partial charge in [0.15, 0.2) is 0 Å². The van der Waals surface area contributed by atoms with E-state index in [1.54, 1.807) is 0 Å². The van der Waals surface area contributed by atoms with E-state index < -0.39 is 0 Å². The molecule has 1 heteroatoms. The zero-order chi connectivity index (χ0) is 13.1. The Bertz CT molecular complexity index is 543. The molecule has 0 fully saturated rings. The molecule has 0 spiro atoms. The summed E-state index contributed by atoms with van der Waals surface area (Å²) in [5.74, 6) is 0. The summed E-state index contributed by atoms with van der Waals surface area (Å²) in [6.45, 7) is 6.43. The molecule has 2 aromatic carbocycles. The standard InChI is InChI=1S/C17H19Cl/c1-12-8-6-10-16(14(12)3)17(18)11-15-9-5-4-7-13(15)2/h4-10,17H,11H2,1-3H3. The predicted molar refractivity (Wildman–Crippen MR) is 79.4 cm³/mol. The maximum absolute atomic E-state index is 6.59. The van der Waals surface area contributed by atoms with Gasteiger partial charge in [-0.3, -0.25) is 0 Å². The highest BCUT2D eigenvalue weighted by atomic mass is 35.5. The van der Waals surface area contributed by atoms with Crippen LogP contribution >= 0.6 is 11.6 Å². The number of benzene rings is 2. The van der Waals surface area contributed by atoms with Gasteiger partial charge in [0.1, 0.15) is 0 Å². The first-order valence-corrected chi connectivity index (χ1v) is 6.78. The number of hydrogen-bond donors (Lipinski definition) is 0. The van der Waals surface area contributed by atoms with Crippen molar-refractivity contribution in [2.45, 2.75) is 32.6 Å². The summed E-state index contributed by atoms with van der Waals surface area (Å²) >= 11 is 6.59. The van der Waals surface area contributed by atoms with Gasteiger partial charge in [0, 0.05) is 0 Å². The van der Waals surface area contributed by atoms with Crippen molar-refractivity contribution >= 4 is 11.6 Å². The molecular formula is C17H19Cl. The molecule has 0 radical (unpaired) electrons. The molecule has 0 aliphatic rings. The van der Waals surface area contributed by atoms with E-state index in [1.165, 1.54) is 27.8 Å². The summed E-state index contributed by atoms with van der Waals surface area (Å²) < 4.78 is 0. The average molecular weight is 259 g/mol. The first-order valence-electron chi connectivity index (χ1n) is 6.34. The molecule has 0 amide bonds. The Hall–Kier alpha value is -1.27. The van der Waals surface area contributed by atoms with Crippen LogP contribution in [-0.2, 0) is 6.42 Å². The number of hydrogen-bond acceptors (Lipinski definition) is 0. The van der Waals surface area contributed by atoms with Gasteiger partial charge >= 0.3 is 0 Å². The van der Waals surface area contributed by atoms with Crippen molar-refractivity contribution in [3.8, 4) is 0 Å². The second-order valence-corrected chi connectivity index (χ2v) is 5.41. The molecule has 18 heavy (non-hydrogen) atoms. The van der Waals surface area contributed by atoms with Crippen molar-refractivity contribution in [2.75, 3.05) is 0 Å². The molecule has 1 unspecified atom stereocenters. The molecule has 0 saturated heterocycles. The van der Waals surface area contributed by atoms with Gasteiger partial charge < -0.3 is 0 Å². The van der Waals surface area contributed by atoms with Crippen LogP contribution in [0.25, 0.3) is 0 Å². The third-order valence-electron chi connectivity index (χ3n) is 3.64. The van der Waals surface area contributed by atoms with Gasteiger partial charge in [0.05, 0.1) is 5.38 Å². The highest BCUT2D eigenvalue weighted by molar-refractivity contribution is 6.21. The monoisotopic (exact) mass is 258 g/mol. The van der Waals surface area contributed by atoms with Crippen LogP contribution in [0.2, 0.25) is 0 Å². The second-order valence-electron chi connectivity index (χ2n) is 4.89. The van der Waals surface area contributed by atoms with Gasteiger partial charge in [-0.25, -0.2) is 0 Å². The van der Waals surface area contributed by atoms with Gasteiger partial charge in [0.2, 0.25) is 0 Å². The Morgan fingerprint density at radius 3 is 2.28 bits per heavy atom.